The minimum atomic E-state index is -4.78. The number of piperidine rings is 1. The Morgan fingerprint density at radius 2 is 1.87 bits per heavy atom. The van der Waals surface area contributed by atoms with Crippen molar-refractivity contribution in [1.29, 1.82) is 0 Å². The van der Waals surface area contributed by atoms with E-state index in [2.05, 4.69) is 20.2 Å². The Bertz CT molecular complexity index is 1270. The highest BCUT2D eigenvalue weighted by atomic mass is 19.4. The lowest BCUT2D eigenvalue weighted by Crippen LogP contribution is -2.35. The molecular weight excluding hydrogens is 514 g/mol. The molecule has 0 aliphatic carbocycles. The summed E-state index contributed by atoms with van der Waals surface area (Å²) in [5.74, 6) is 1.58. The van der Waals surface area contributed by atoms with Crippen LogP contribution in [0.4, 0.5) is 29.2 Å². The van der Waals surface area contributed by atoms with Crippen LogP contribution >= 0.6 is 0 Å². The molecular formula is C27H35F4N7O. The van der Waals surface area contributed by atoms with Gasteiger partial charge in [0.1, 0.15) is 18.0 Å². The third-order valence-corrected chi connectivity index (χ3v) is 6.70. The van der Waals surface area contributed by atoms with Crippen LogP contribution in [-0.2, 0) is 12.7 Å². The molecule has 1 aliphatic heterocycles. The van der Waals surface area contributed by atoms with Gasteiger partial charge in [0.2, 0.25) is 5.75 Å². The molecule has 1 fully saturated rings. The summed E-state index contributed by atoms with van der Waals surface area (Å²) in [4.78, 5) is 17.8. The van der Waals surface area contributed by atoms with E-state index in [1.165, 1.54) is 12.4 Å². The van der Waals surface area contributed by atoms with Gasteiger partial charge in [0.15, 0.2) is 11.6 Å². The van der Waals surface area contributed by atoms with E-state index in [1.54, 1.807) is 13.2 Å². The third kappa shape index (κ3) is 6.60. The van der Waals surface area contributed by atoms with Gasteiger partial charge >= 0.3 is 6.18 Å². The molecule has 1 N–H and O–H groups in total. The number of hydrogen-bond donors (Lipinski definition) is 1. The van der Waals surface area contributed by atoms with E-state index < -0.39 is 17.6 Å². The Morgan fingerprint density at radius 3 is 2.49 bits per heavy atom. The fourth-order valence-electron chi connectivity index (χ4n) is 4.75. The first-order chi connectivity index (χ1) is 18.5. The standard InChI is InChI=1S/C27H35F4N7O/c1-17(2)39-23-24(32-3)33-16-34-26(23)37-10-8-18(9-11-37)25-35-22(15-38(25)13-12-36(4)5)19-6-7-21(28)20(14-19)27(29,30)31/h6-7,14-18H,8-13H2,1-5H3,(H,32,33,34). The normalized spacial score (nSPS) is 14.9. The van der Waals surface area contributed by atoms with Gasteiger partial charge in [-0.2, -0.15) is 13.2 Å². The first-order valence-corrected chi connectivity index (χ1v) is 13.0. The van der Waals surface area contributed by atoms with Gasteiger partial charge in [0, 0.05) is 50.9 Å². The summed E-state index contributed by atoms with van der Waals surface area (Å²) in [5.41, 5.74) is -0.649. The van der Waals surface area contributed by atoms with E-state index in [1.807, 2.05) is 37.4 Å². The van der Waals surface area contributed by atoms with E-state index in [4.69, 9.17) is 9.72 Å². The van der Waals surface area contributed by atoms with Gasteiger partial charge in [-0.25, -0.2) is 19.3 Å². The maximum Gasteiger partial charge on any atom is 0.419 e. The number of alkyl halides is 3. The van der Waals surface area contributed by atoms with E-state index >= 15 is 0 Å². The third-order valence-electron chi connectivity index (χ3n) is 6.70. The quantitative estimate of drug-likeness (QED) is 0.365. The monoisotopic (exact) mass is 549 g/mol. The van der Waals surface area contributed by atoms with Gasteiger partial charge in [-0.05, 0) is 59.0 Å². The molecule has 0 amide bonds. The summed E-state index contributed by atoms with van der Waals surface area (Å²) in [7, 11) is 5.71. The van der Waals surface area contributed by atoms with Crippen molar-refractivity contribution in [3.05, 3.63) is 47.9 Å². The van der Waals surface area contributed by atoms with Gasteiger partial charge in [-0.3, -0.25) is 0 Å². The Labute approximate surface area is 226 Å². The summed E-state index contributed by atoms with van der Waals surface area (Å²) in [5, 5.41) is 3.07. The summed E-state index contributed by atoms with van der Waals surface area (Å²) >= 11 is 0. The number of hydrogen-bond acceptors (Lipinski definition) is 7. The zero-order valence-corrected chi connectivity index (χ0v) is 22.9. The van der Waals surface area contributed by atoms with Gasteiger partial charge in [-0.15, -0.1) is 0 Å². The fourth-order valence-corrected chi connectivity index (χ4v) is 4.75. The number of nitrogens with one attached hydrogen (secondary N) is 1. The van der Waals surface area contributed by atoms with E-state index in [0.717, 1.165) is 43.2 Å². The largest absolute Gasteiger partial charge is 0.484 e. The van der Waals surface area contributed by atoms with Crippen LogP contribution in [0.3, 0.4) is 0 Å². The second kappa shape index (κ2) is 11.8. The van der Waals surface area contributed by atoms with Gasteiger partial charge in [0.05, 0.1) is 17.4 Å². The number of likely N-dealkylation sites (N-methyl/N-ethyl adjacent to an activating group) is 1. The topological polar surface area (TPSA) is 71.3 Å². The number of benzene rings is 1. The molecule has 0 saturated carbocycles. The molecule has 0 bridgehead atoms. The number of halogens is 4. The first kappa shape index (κ1) is 28.6. The molecule has 212 valence electrons. The number of nitrogens with zero attached hydrogens (tertiary/aromatic N) is 6. The molecule has 0 unspecified atom stereocenters. The van der Waals surface area contributed by atoms with Crippen molar-refractivity contribution in [2.24, 2.45) is 0 Å². The van der Waals surface area contributed by atoms with E-state index in [0.29, 0.717) is 36.9 Å². The van der Waals surface area contributed by atoms with Crippen molar-refractivity contribution in [3.63, 3.8) is 0 Å². The Kier molecular flexibility index (Phi) is 8.63. The van der Waals surface area contributed by atoms with Crippen LogP contribution in [0.1, 0.15) is 44.0 Å². The Balaban J connectivity index is 1.60. The predicted octanol–water partition coefficient (Wildman–Crippen LogP) is 5.27. The molecule has 3 aromatic rings. The summed E-state index contributed by atoms with van der Waals surface area (Å²) in [6.07, 6.45) is 0.00206. The smallest absolute Gasteiger partial charge is 0.419 e. The molecule has 0 radical (unpaired) electrons. The van der Waals surface area contributed by atoms with Crippen molar-refractivity contribution < 1.29 is 22.3 Å². The van der Waals surface area contributed by atoms with Crippen molar-refractivity contribution in [2.75, 3.05) is 51.0 Å². The highest BCUT2D eigenvalue weighted by Gasteiger charge is 2.35. The van der Waals surface area contributed by atoms with E-state index in [9.17, 15) is 17.6 Å². The van der Waals surface area contributed by atoms with Crippen molar-refractivity contribution >= 4 is 11.6 Å². The lowest BCUT2D eigenvalue weighted by molar-refractivity contribution is -0.139. The lowest BCUT2D eigenvalue weighted by atomic mass is 9.95. The van der Waals surface area contributed by atoms with Crippen molar-refractivity contribution in [2.45, 2.75) is 51.4 Å². The number of aromatic nitrogens is 4. The highest BCUT2D eigenvalue weighted by Crippen LogP contribution is 2.38. The summed E-state index contributed by atoms with van der Waals surface area (Å²) in [6, 6.07) is 3.04. The van der Waals surface area contributed by atoms with Crippen LogP contribution in [0.25, 0.3) is 11.3 Å². The summed E-state index contributed by atoms with van der Waals surface area (Å²) < 4.78 is 62.0. The molecule has 0 spiro atoms. The summed E-state index contributed by atoms with van der Waals surface area (Å²) in [6.45, 7) is 6.67. The Morgan fingerprint density at radius 1 is 1.15 bits per heavy atom. The molecule has 1 aromatic carbocycles. The van der Waals surface area contributed by atoms with Crippen LogP contribution < -0.4 is 15.0 Å². The highest BCUT2D eigenvalue weighted by molar-refractivity contribution is 5.65. The van der Waals surface area contributed by atoms with Crippen molar-refractivity contribution in [1.82, 2.24) is 24.4 Å². The zero-order chi connectivity index (χ0) is 28.3. The second-order valence-electron chi connectivity index (χ2n) is 10.2. The van der Waals surface area contributed by atoms with Crippen molar-refractivity contribution in [3.8, 4) is 17.0 Å². The van der Waals surface area contributed by atoms with Gasteiger partial charge in [-0.1, -0.05) is 0 Å². The minimum absolute atomic E-state index is 0.0497. The predicted molar refractivity (Wildman–Crippen MR) is 143 cm³/mol. The van der Waals surface area contributed by atoms with Crippen LogP contribution in [0.5, 0.6) is 5.75 Å². The molecule has 0 atom stereocenters. The zero-order valence-electron chi connectivity index (χ0n) is 22.9. The molecule has 1 aliphatic rings. The number of imidazole rings is 1. The second-order valence-corrected chi connectivity index (χ2v) is 10.2. The molecule has 1 saturated heterocycles. The van der Waals surface area contributed by atoms with Gasteiger partial charge < -0.3 is 24.4 Å². The average molecular weight is 550 g/mol. The van der Waals surface area contributed by atoms with E-state index in [-0.39, 0.29) is 17.6 Å². The molecule has 39 heavy (non-hydrogen) atoms. The SMILES string of the molecule is CNc1ncnc(N2CCC(c3nc(-c4ccc(F)c(C(F)(F)F)c4)cn3CCN(C)C)CC2)c1OC(C)C. The number of rotatable bonds is 9. The Hall–Kier alpha value is -3.41. The maximum atomic E-state index is 13.9. The van der Waals surface area contributed by atoms with Crippen LogP contribution in [0, 0.1) is 5.82 Å². The van der Waals surface area contributed by atoms with Crippen LogP contribution in [-0.4, -0.2) is 71.3 Å². The van der Waals surface area contributed by atoms with Crippen LogP contribution in [0.2, 0.25) is 0 Å². The lowest BCUT2D eigenvalue weighted by Gasteiger charge is -2.34. The first-order valence-electron chi connectivity index (χ1n) is 13.0. The fraction of sp³-hybridized carbons (Fsp3) is 0.519. The molecule has 2 aromatic heterocycles. The molecule has 8 nitrogen and oxygen atoms in total. The molecule has 3 heterocycles. The minimum Gasteiger partial charge on any atom is -0.484 e. The number of anilines is 2. The maximum absolute atomic E-state index is 13.9. The van der Waals surface area contributed by atoms with Gasteiger partial charge in [0.25, 0.3) is 0 Å². The molecule has 12 heteroatoms. The molecule has 4 rings (SSSR count). The van der Waals surface area contributed by atoms with Crippen LogP contribution in [0.15, 0.2) is 30.7 Å². The number of ether oxygens (including phenoxy) is 1. The average Bonchev–Trinajstić information content (AvgIpc) is 3.31.